The third-order valence-electron chi connectivity index (χ3n) is 2.79. The van der Waals surface area contributed by atoms with Crippen molar-refractivity contribution in [3.63, 3.8) is 0 Å². The molecule has 0 unspecified atom stereocenters. The highest BCUT2D eigenvalue weighted by Gasteiger charge is 2.15. The Hall–Kier alpha value is -1.31. The molecule has 0 heterocycles. The smallest absolute Gasteiger partial charge is 0.221 e. The summed E-state index contributed by atoms with van der Waals surface area (Å²) in [6, 6.07) is 6.16. The molecule has 0 radical (unpaired) electrons. The Bertz CT molecular complexity index is 380. The van der Waals surface area contributed by atoms with E-state index in [0.29, 0.717) is 18.3 Å². The van der Waals surface area contributed by atoms with Crippen LogP contribution in [0.25, 0.3) is 0 Å². The van der Waals surface area contributed by atoms with E-state index in [4.69, 9.17) is 5.73 Å². The first-order chi connectivity index (χ1) is 7.43. The summed E-state index contributed by atoms with van der Waals surface area (Å²) in [5, 5.41) is 0. The quantitative estimate of drug-likeness (QED) is 0.831. The molecule has 0 aromatic heterocycles. The summed E-state index contributed by atoms with van der Waals surface area (Å²) in [5.74, 6) is 0.640. The standard InChI is InChI=1S/C14H21NO/c1-9(2)12-7-5-6-11(8-13(15)16)14(12)10(3)4/h5-7,9-10H,8H2,1-4H3,(H2,15,16). The fourth-order valence-electron chi connectivity index (χ4n) is 2.18. The summed E-state index contributed by atoms with van der Waals surface area (Å²) in [4.78, 5) is 11.0. The lowest BCUT2D eigenvalue weighted by Gasteiger charge is -2.19. The van der Waals surface area contributed by atoms with Crippen LogP contribution >= 0.6 is 0 Å². The van der Waals surface area contributed by atoms with E-state index in [0.717, 1.165) is 5.56 Å². The van der Waals surface area contributed by atoms with Gasteiger partial charge in [-0.05, 0) is 28.5 Å². The summed E-state index contributed by atoms with van der Waals surface area (Å²) in [5.41, 5.74) is 8.97. The van der Waals surface area contributed by atoms with Crippen LogP contribution in [0.2, 0.25) is 0 Å². The number of carbonyl (C=O) groups excluding carboxylic acids is 1. The number of nitrogens with two attached hydrogens (primary N) is 1. The third-order valence-corrected chi connectivity index (χ3v) is 2.79. The van der Waals surface area contributed by atoms with Crippen LogP contribution in [-0.4, -0.2) is 5.91 Å². The second-order valence-corrected chi connectivity index (χ2v) is 4.87. The molecule has 0 bridgehead atoms. The molecule has 0 aliphatic rings. The minimum absolute atomic E-state index is 0.261. The van der Waals surface area contributed by atoms with E-state index in [2.05, 4.69) is 33.8 Å². The van der Waals surface area contributed by atoms with Crippen LogP contribution in [0.4, 0.5) is 0 Å². The molecule has 0 fully saturated rings. The van der Waals surface area contributed by atoms with Crippen LogP contribution in [0.3, 0.4) is 0 Å². The number of hydrogen-bond acceptors (Lipinski definition) is 1. The van der Waals surface area contributed by atoms with Crippen LogP contribution in [0, 0.1) is 0 Å². The van der Waals surface area contributed by atoms with Gasteiger partial charge in [-0.25, -0.2) is 0 Å². The summed E-state index contributed by atoms with van der Waals surface area (Å²) >= 11 is 0. The first-order valence-corrected chi connectivity index (χ1v) is 5.83. The molecule has 0 aliphatic carbocycles. The number of amides is 1. The zero-order chi connectivity index (χ0) is 12.3. The summed E-state index contributed by atoms with van der Waals surface area (Å²) in [6.45, 7) is 8.67. The number of rotatable bonds is 4. The highest BCUT2D eigenvalue weighted by molar-refractivity contribution is 5.77. The van der Waals surface area contributed by atoms with Gasteiger partial charge in [0.25, 0.3) is 0 Å². The van der Waals surface area contributed by atoms with Gasteiger partial charge in [0.05, 0.1) is 6.42 Å². The van der Waals surface area contributed by atoms with Gasteiger partial charge in [-0.15, -0.1) is 0 Å². The minimum atomic E-state index is -0.261. The van der Waals surface area contributed by atoms with Crippen LogP contribution in [0.1, 0.15) is 56.2 Å². The molecule has 0 saturated heterocycles. The maximum atomic E-state index is 11.0. The van der Waals surface area contributed by atoms with Crippen molar-refractivity contribution in [3.8, 4) is 0 Å². The van der Waals surface area contributed by atoms with Crippen molar-refractivity contribution >= 4 is 5.91 Å². The lowest BCUT2D eigenvalue weighted by Crippen LogP contribution is -2.16. The van der Waals surface area contributed by atoms with E-state index >= 15 is 0 Å². The van der Waals surface area contributed by atoms with Gasteiger partial charge >= 0.3 is 0 Å². The van der Waals surface area contributed by atoms with E-state index in [-0.39, 0.29) is 5.91 Å². The average molecular weight is 219 g/mol. The zero-order valence-corrected chi connectivity index (χ0v) is 10.6. The predicted molar refractivity (Wildman–Crippen MR) is 67.5 cm³/mol. The van der Waals surface area contributed by atoms with E-state index in [1.807, 2.05) is 12.1 Å². The molecule has 1 aromatic rings. The van der Waals surface area contributed by atoms with Gasteiger partial charge in [-0.2, -0.15) is 0 Å². The van der Waals surface area contributed by atoms with Crippen LogP contribution < -0.4 is 5.73 Å². The van der Waals surface area contributed by atoms with E-state index in [1.165, 1.54) is 11.1 Å². The van der Waals surface area contributed by atoms with Gasteiger partial charge < -0.3 is 5.73 Å². The number of hydrogen-bond donors (Lipinski definition) is 1. The highest BCUT2D eigenvalue weighted by Crippen LogP contribution is 2.29. The minimum Gasteiger partial charge on any atom is -0.369 e. The highest BCUT2D eigenvalue weighted by atomic mass is 16.1. The van der Waals surface area contributed by atoms with Crippen LogP contribution in [0.5, 0.6) is 0 Å². The van der Waals surface area contributed by atoms with E-state index < -0.39 is 0 Å². The molecule has 0 atom stereocenters. The Kier molecular flexibility index (Phi) is 4.11. The molecular formula is C14H21NO. The Morgan fingerprint density at radius 3 is 2.25 bits per heavy atom. The Balaban J connectivity index is 3.26. The fourth-order valence-corrected chi connectivity index (χ4v) is 2.18. The molecule has 0 spiro atoms. The van der Waals surface area contributed by atoms with E-state index in [9.17, 15) is 4.79 Å². The first kappa shape index (κ1) is 12.8. The van der Waals surface area contributed by atoms with Crippen molar-refractivity contribution in [2.24, 2.45) is 5.73 Å². The predicted octanol–water partition coefficient (Wildman–Crippen LogP) is 2.96. The molecule has 1 amide bonds. The van der Waals surface area contributed by atoms with Crippen LogP contribution in [-0.2, 0) is 11.2 Å². The second kappa shape index (κ2) is 5.15. The topological polar surface area (TPSA) is 43.1 Å². The van der Waals surface area contributed by atoms with Crippen molar-refractivity contribution in [2.45, 2.75) is 46.0 Å². The summed E-state index contributed by atoms with van der Waals surface area (Å²) in [6.07, 6.45) is 0.341. The Morgan fingerprint density at radius 1 is 1.19 bits per heavy atom. The molecule has 2 nitrogen and oxygen atoms in total. The lowest BCUT2D eigenvalue weighted by molar-refractivity contribution is -0.117. The van der Waals surface area contributed by atoms with Crippen molar-refractivity contribution in [3.05, 3.63) is 34.9 Å². The van der Waals surface area contributed by atoms with E-state index in [1.54, 1.807) is 0 Å². The molecule has 0 aliphatic heterocycles. The normalized spacial score (nSPS) is 11.1. The first-order valence-electron chi connectivity index (χ1n) is 5.83. The van der Waals surface area contributed by atoms with Gasteiger partial charge in [0.1, 0.15) is 0 Å². The maximum Gasteiger partial charge on any atom is 0.221 e. The zero-order valence-electron chi connectivity index (χ0n) is 10.6. The van der Waals surface area contributed by atoms with Crippen LogP contribution in [0.15, 0.2) is 18.2 Å². The molecule has 2 N–H and O–H groups in total. The number of benzene rings is 1. The molecule has 0 saturated carbocycles. The monoisotopic (exact) mass is 219 g/mol. The molecule has 2 heteroatoms. The molecule has 1 rings (SSSR count). The lowest BCUT2D eigenvalue weighted by atomic mass is 9.86. The maximum absolute atomic E-state index is 11.0. The van der Waals surface area contributed by atoms with Gasteiger partial charge in [0.15, 0.2) is 0 Å². The molecule has 88 valence electrons. The largest absolute Gasteiger partial charge is 0.369 e. The molecule has 1 aromatic carbocycles. The van der Waals surface area contributed by atoms with Gasteiger partial charge in [0, 0.05) is 0 Å². The SMILES string of the molecule is CC(C)c1cccc(CC(N)=O)c1C(C)C. The van der Waals surface area contributed by atoms with Crippen molar-refractivity contribution in [2.75, 3.05) is 0 Å². The average Bonchev–Trinajstić information content (AvgIpc) is 2.15. The van der Waals surface area contributed by atoms with Gasteiger partial charge in [0.2, 0.25) is 5.91 Å². The van der Waals surface area contributed by atoms with Crippen molar-refractivity contribution < 1.29 is 4.79 Å². The fraction of sp³-hybridized carbons (Fsp3) is 0.500. The number of primary amides is 1. The summed E-state index contributed by atoms with van der Waals surface area (Å²) < 4.78 is 0. The Labute approximate surface area is 97.9 Å². The van der Waals surface area contributed by atoms with Gasteiger partial charge in [-0.1, -0.05) is 45.9 Å². The second-order valence-electron chi connectivity index (χ2n) is 4.87. The van der Waals surface area contributed by atoms with Crippen molar-refractivity contribution in [1.82, 2.24) is 0 Å². The molecule has 16 heavy (non-hydrogen) atoms. The van der Waals surface area contributed by atoms with Crippen molar-refractivity contribution in [1.29, 1.82) is 0 Å². The molecular weight excluding hydrogens is 198 g/mol. The number of carbonyl (C=O) groups is 1. The summed E-state index contributed by atoms with van der Waals surface area (Å²) in [7, 11) is 0. The Morgan fingerprint density at radius 2 is 1.81 bits per heavy atom. The van der Waals surface area contributed by atoms with Gasteiger partial charge in [-0.3, -0.25) is 4.79 Å². The third kappa shape index (κ3) is 2.84.